The predicted octanol–water partition coefficient (Wildman–Crippen LogP) is 2.59. The first-order valence-electron chi connectivity index (χ1n) is 7.64. The molecule has 21 heavy (non-hydrogen) atoms. The monoisotopic (exact) mass is 314 g/mol. The van der Waals surface area contributed by atoms with Crippen molar-refractivity contribution in [2.75, 3.05) is 14.1 Å². The van der Waals surface area contributed by atoms with Crippen LogP contribution in [-0.2, 0) is 16.6 Å². The average molecular weight is 314 g/mol. The molecule has 0 amide bonds. The summed E-state index contributed by atoms with van der Waals surface area (Å²) in [6, 6.07) is 3.78. The van der Waals surface area contributed by atoms with E-state index in [9.17, 15) is 8.42 Å². The summed E-state index contributed by atoms with van der Waals surface area (Å²) in [6.07, 6.45) is 6.20. The molecule has 0 radical (unpaired) electrons. The lowest BCUT2D eigenvalue weighted by atomic mass is 10.0. The van der Waals surface area contributed by atoms with E-state index in [1.54, 1.807) is 6.07 Å². The van der Waals surface area contributed by atoms with E-state index in [4.69, 9.17) is 4.42 Å². The lowest BCUT2D eigenvalue weighted by molar-refractivity contribution is 0.368. The van der Waals surface area contributed by atoms with Crippen LogP contribution in [0.1, 0.15) is 44.8 Å². The van der Waals surface area contributed by atoms with Crippen molar-refractivity contribution in [3.05, 3.63) is 17.9 Å². The Labute approximate surface area is 127 Å². The van der Waals surface area contributed by atoms with Gasteiger partial charge in [-0.25, -0.2) is 12.7 Å². The smallest absolute Gasteiger partial charge is 0.275 e. The molecule has 1 N–H and O–H groups in total. The Morgan fingerprint density at radius 2 is 2.00 bits per heavy atom. The molecule has 1 aliphatic rings. The van der Waals surface area contributed by atoms with Gasteiger partial charge < -0.3 is 9.73 Å². The largest absolute Gasteiger partial charge is 0.447 e. The summed E-state index contributed by atoms with van der Waals surface area (Å²) in [5.41, 5.74) is 0. The molecule has 1 heterocycles. The summed E-state index contributed by atoms with van der Waals surface area (Å²) in [6.45, 7) is 2.90. The zero-order chi connectivity index (χ0) is 15.5. The van der Waals surface area contributed by atoms with Gasteiger partial charge in [0.25, 0.3) is 10.0 Å². The zero-order valence-electron chi connectivity index (χ0n) is 13.1. The van der Waals surface area contributed by atoms with Crippen molar-refractivity contribution in [2.24, 2.45) is 5.92 Å². The second-order valence-corrected chi connectivity index (χ2v) is 8.28. The number of hydrogen-bond acceptors (Lipinski definition) is 4. The fourth-order valence-electron chi connectivity index (χ4n) is 2.71. The van der Waals surface area contributed by atoms with Gasteiger partial charge in [-0.2, -0.15) is 0 Å². The van der Waals surface area contributed by atoms with Crippen molar-refractivity contribution in [3.63, 3.8) is 0 Å². The Balaban J connectivity index is 1.91. The quantitative estimate of drug-likeness (QED) is 0.849. The van der Waals surface area contributed by atoms with Crippen LogP contribution >= 0.6 is 0 Å². The molecule has 1 aromatic rings. The third kappa shape index (κ3) is 4.31. The van der Waals surface area contributed by atoms with Crippen LogP contribution in [0.4, 0.5) is 0 Å². The molecule has 0 aliphatic heterocycles. The molecule has 5 nitrogen and oxygen atoms in total. The second-order valence-electron chi connectivity index (χ2n) is 6.20. The van der Waals surface area contributed by atoms with Crippen molar-refractivity contribution in [3.8, 4) is 0 Å². The highest BCUT2D eigenvalue weighted by Gasteiger charge is 2.22. The first-order valence-corrected chi connectivity index (χ1v) is 9.08. The first-order chi connectivity index (χ1) is 9.89. The van der Waals surface area contributed by atoms with Gasteiger partial charge in [0, 0.05) is 20.1 Å². The number of nitrogens with zero attached hydrogens (tertiary/aromatic N) is 1. The van der Waals surface area contributed by atoms with Crippen LogP contribution in [0.2, 0.25) is 0 Å². The fourth-order valence-corrected chi connectivity index (χ4v) is 3.52. The van der Waals surface area contributed by atoms with Gasteiger partial charge in [-0.1, -0.05) is 19.8 Å². The number of sulfonamides is 1. The molecule has 120 valence electrons. The normalized spacial score (nSPS) is 24.2. The van der Waals surface area contributed by atoms with E-state index in [1.807, 2.05) is 0 Å². The summed E-state index contributed by atoms with van der Waals surface area (Å²) in [5.74, 6) is 1.49. The Morgan fingerprint density at radius 1 is 1.24 bits per heavy atom. The summed E-state index contributed by atoms with van der Waals surface area (Å²) in [7, 11) is -0.469. The van der Waals surface area contributed by atoms with E-state index in [0.717, 1.165) is 10.2 Å². The minimum absolute atomic E-state index is 0.0128. The second kappa shape index (κ2) is 6.94. The van der Waals surface area contributed by atoms with Crippen molar-refractivity contribution in [1.82, 2.24) is 9.62 Å². The predicted molar refractivity (Wildman–Crippen MR) is 82.5 cm³/mol. The van der Waals surface area contributed by atoms with Crippen LogP contribution in [-0.4, -0.2) is 32.9 Å². The van der Waals surface area contributed by atoms with E-state index in [1.165, 1.54) is 52.3 Å². The topological polar surface area (TPSA) is 62.6 Å². The van der Waals surface area contributed by atoms with Crippen molar-refractivity contribution < 1.29 is 12.8 Å². The minimum atomic E-state index is -3.47. The highest BCUT2D eigenvalue weighted by molar-refractivity contribution is 7.88. The van der Waals surface area contributed by atoms with E-state index < -0.39 is 10.0 Å². The Hall–Kier alpha value is -0.850. The molecule has 0 bridgehead atoms. The van der Waals surface area contributed by atoms with E-state index in [-0.39, 0.29) is 5.09 Å². The van der Waals surface area contributed by atoms with Gasteiger partial charge in [-0.05, 0) is 37.3 Å². The van der Waals surface area contributed by atoms with Gasteiger partial charge in [-0.15, -0.1) is 0 Å². The molecule has 1 aromatic heterocycles. The molecule has 1 fully saturated rings. The standard InChI is InChI=1S/C15H26N2O3S/c1-12-5-4-6-13(8-7-12)16-11-14-9-10-15(20-14)21(18,19)17(2)3/h9-10,12-13,16H,4-8,11H2,1-3H3. The SMILES string of the molecule is CC1CCCC(NCc2ccc(S(=O)(=O)N(C)C)o2)CC1. The Bertz CT molecular complexity index is 551. The van der Waals surface area contributed by atoms with Crippen LogP contribution in [0.3, 0.4) is 0 Å². The summed E-state index contributed by atoms with van der Waals surface area (Å²) in [5, 5.41) is 3.50. The maximum absolute atomic E-state index is 11.9. The molecule has 6 heteroatoms. The zero-order valence-corrected chi connectivity index (χ0v) is 13.9. The molecule has 0 aromatic carbocycles. The van der Waals surface area contributed by atoms with Gasteiger partial charge >= 0.3 is 0 Å². The lowest BCUT2D eigenvalue weighted by Gasteiger charge is -2.15. The van der Waals surface area contributed by atoms with Gasteiger partial charge in [0.15, 0.2) is 0 Å². The van der Waals surface area contributed by atoms with Crippen LogP contribution in [0.15, 0.2) is 21.6 Å². The maximum atomic E-state index is 11.9. The molecule has 2 atom stereocenters. The summed E-state index contributed by atoms with van der Waals surface area (Å²) < 4.78 is 30.5. The Morgan fingerprint density at radius 3 is 2.71 bits per heavy atom. The maximum Gasteiger partial charge on any atom is 0.275 e. The van der Waals surface area contributed by atoms with Crippen molar-refractivity contribution in [2.45, 2.75) is 56.7 Å². The Kier molecular flexibility index (Phi) is 5.46. The molecular formula is C15H26N2O3S. The third-order valence-electron chi connectivity index (χ3n) is 4.19. The number of hydrogen-bond donors (Lipinski definition) is 1. The number of furan rings is 1. The molecule has 2 rings (SSSR count). The highest BCUT2D eigenvalue weighted by Crippen LogP contribution is 2.23. The third-order valence-corrected chi connectivity index (χ3v) is 5.88. The van der Waals surface area contributed by atoms with E-state index in [2.05, 4.69) is 12.2 Å². The lowest BCUT2D eigenvalue weighted by Crippen LogP contribution is -2.27. The molecule has 0 saturated heterocycles. The molecular weight excluding hydrogens is 288 g/mol. The summed E-state index contributed by atoms with van der Waals surface area (Å²) >= 11 is 0. The molecule has 0 spiro atoms. The fraction of sp³-hybridized carbons (Fsp3) is 0.733. The van der Waals surface area contributed by atoms with Gasteiger partial charge in [0.1, 0.15) is 5.76 Å². The summed E-state index contributed by atoms with van der Waals surface area (Å²) in [4.78, 5) is 0. The van der Waals surface area contributed by atoms with Gasteiger partial charge in [0.05, 0.1) is 6.54 Å². The van der Waals surface area contributed by atoms with Crippen molar-refractivity contribution >= 4 is 10.0 Å². The van der Waals surface area contributed by atoms with E-state index in [0.29, 0.717) is 18.3 Å². The van der Waals surface area contributed by atoms with E-state index >= 15 is 0 Å². The van der Waals surface area contributed by atoms with Gasteiger partial charge in [-0.3, -0.25) is 0 Å². The molecule has 2 unspecified atom stereocenters. The molecule has 1 aliphatic carbocycles. The number of rotatable bonds is 5. The highest BCUT2D eigenvalue weighted by atomic mass is 32.2. The van der Waals surface area contributed by atoms with Crippen LogP contribution in [0.5, 0.6) is 0 Å². The van der Waals surface area contributed by atoms with Gasteiger partial charge in [0.2, 0.25) is 5.09 Å². The minimum Gasteiger partial charge on any atom is -0.447 e. The van der Waals surface area contributed by atoms with Crippen LogP contribution in [0, 0.1) is 5.92 Å². The average Bonchev–Trinajstić information content (AvgIpc) is 2.81. The van der Waals surface area contributed by atoms with Crippen LogP contribution in [0.25, 0.3) is 0 Å². The number of nitrogens with one attached hydrogen (secondary N) is 1. The van der Waals surface area contributed by atoms with Crippen LogP contribution < -0.4 is 5.32 Å². The molecule has 1 saturated carbocycles. The van der Waals surface area contributed by atoms with Crippen molar-refractivity contribution in [1.29, 1.82) is 0 Å². The first kappa shape index (κ1) is 16.5.